The van der Waals surface area contributed by atoms with Crippen molar-refractivity contribution in [2.75, 3.05) is 11.9 Å². The Kier molecular flexibility index (Phi) is 4.46. The molecule has 0 aliphatic carbocycles. The molecule has 1 unspecified atom stereocenters. The summed E-state index contributed by atoms with van der Waals surface area (Å²) in [6.07, 6.45) is -0.489. The van der Waals surface area contributed by atoms with Crippen LogP contribution in [0.3, 0.4) is 0 Å². The van der Waals surface area contributed by atoms with Gasteiger partial charge in [0.25, 0.3) is 0 Å². The van der Waals surface area contributed by atoms with E-state index in [-0.39, 0.29) is 0 Å². The third-order valence-corrected chi connectivity index (χ3v) is 3.80. The molecule has 2 aromatic carbocycles. The third-order valence-electron chi connectivity index (χ3n) is 3.80. The van der Waals surface area contributed by atoms with Crippen LogP contribution >= 0.6 is 0 Å². The molecule has 0 fully saturated rings. The highest BCUT2D eigenvalue weighted by molar-refractivity contribution is 5.48. The van der Waals surface area contributed by atoms with Gasteiger partial charge in [-0.15, -0.1) is 0 Å². The molecule has 2 heteroatoms. The maximum Gasteiger partial charge on any atom is 0.0964 e. The van der Waals surface area contributed by atoms with Gasteiger partial charge in [-0.2, -0.15) is 0 Å². The SMILES string of the molecule is Cc1ccc(C)c(C(O)CNc2ccc(C)c(C)c2)c1. The Morgan fingerprint density at radius 2 is 1.60 bits per heavy atom. The summed E-state index contributed by atoms with van der Waals surface area (Å²) in [5.41, 5.74) is 6.90. The van der Waals surface area contributed by atoms with Gasteiger partial charge in [-0.05, 0) is 62.1 Å². The van der Waals surface area contributed by atoms with Crippen molar-refractivity contribution in [2.45, 2.75) is 33.8 Å². The highest BCUT2D eigenvalue weighted by Gasteiger charge is 2.10. The van der Waals surface area contributed by atoms with Crippen molar-refractivity contribution >= 4 is 5.69 Å². The van der Waals surface area contributed by atoms with Crippen LogP contribution in [-0.2, 0) is 0 Å². The minimum atomic E-state index is -0.489. The fourth-order valence-corrected chi connectivity index (χ4v) is 2.29. The first-order valence-electron chi connectivity index (χ1n) is 7.03. The summed E-state index contributed by atoms with van der Waals surface area (Å²) in [5, 5.41) is 13.7. The average molecular weight is 269 g/mol. The van der Waals surface area contributed by atoms with Gasteiger partial charge in [0.15, 0.2) is 0 Å². The summed E-state index contributed by atoms with van der Waals surface area (Å²) in [7, 11) is 0. The Labute approximate surface area is 121 Å². The van der Waals surface area contributed by atoms with Gasteiger partial charge in [0.05, 0.1) is 6.10 Å². The third kappa shape index (κ3) is 3.40. The Balaban J connectivity index is 2.06. The van der Waals surface area contributed by atoms with Crippen LogP contribution in [0.4, 0.5) is 5.69 Å². The monoisotopic (exact) mass is 269 g/mol. The van der Waals surface area contributed by atoms with Crippen molar-refractivity contribution in [2.24, 2.45) is 0 Å². The van der Waals surface area contributed by atoms with E-state index >= 15 is 0 Å². The van der Waals surface area contributed by atoms with Crippen LogP contribution in [0.15, 0.2) is 36.4 Å². The second-order valence-electron chi connectivity index (χ2n) is 5.56. The summed E-state index contributed by atoms with van der Waals surface area (Å²) >= 11 is 0. The molecule has 2 N–H and O–H groups in total. The van der Waals surface area contributed by atoms with E-state index in [9.17, 15) is 5.11 Å². The second kappa shape index (κ2) is 6.10. The number of nitrogens with one attached hydrogen (secondary N) is 1. The summed E-state index contributed by atoms with van der Waals surface area (Å²) in [5.74, 6) is 0. The molecule has 1 atom stereocenters. The lowest BCUT2D eigenvalue weighted by Crippen LogP contribution is -2.13. The van der Waals surface area contributed by atoms with Crippen molar-refractivity contribution in [1.82, 2.24) is 0 Å². The Morgan fingerprint density at radius 1 is 0.900 bits per heavy atom. The van der Waals surface area contributed by atoms with E-state index in [2.05, 4.69) is 55.6 Å². The van der Waals surface area contributed by atoms with Crippen LogP contribution in [0.5, 0.6) is 0 Å². The quantitative estimate of drug-likeness (QED) is 0.877. The number of rotatable bonds is 4. The van der Waals surface area contributed by atoms with Gasteiger partial charge >= 0.3 is 0 Å². The van der Waals surface area contributed by atoms with Gasteiger partial charge in [0.2, 0.25) is 0 Å². The van der Waals surface area contributed by atoms with Gasteiger partial charge in [-0.1, -0.05) is 29.8 Å². The summed E-state index contributed by atoms with van der Waals surface area (Å²) in [6.45, 7) is 8.80. The van der Waals surface area contributed by atoms with E-state index in [4.69, 9.17) is 0 Å². The van der Waals surface area contributed by atoms with Gasteiger partial charge in [-0.3, -0.25) is 0 Å². The van der Waals surface area contributed by atoms with E-state index < -0.39 is 6.10 Å². The molecule has 0 spiro atoms. The first-order valence-corrected chi connectivity index (χ1v) is 7.03. The lowest BCUT2D eigenvalue weighted by Gasteiger charge is -2.16. The van der Waals surface area contributed by atoms with E-state index in [1.54, 1.807) is 0 Å². The molecule has 0 radical (unpaired) electrons. The smallest absolute Gasteiger partial charge is 0.0964 e. The largest absolute Gasteiger partial charge is 0.387 e. The minimum Gasteiger partial charge on any atom is -0.387 e. The topological polar surface area (TPSA) is 32.3 Å². The van der Waals surface area contributed by atoms with E-state index in [1.165, 1.54) is 16.7 Å². The highest BCUT2D eigenvalue weighted by Crippen LogP contribution is 2.21. The predicted octanol–water partition coefficient (Wildman–Crippen LogP) is 4.07. The summed E-state index contributed by atoms with van der Waals surface area (Å²) in [4.78, 5) is 0. The van der Waals surface area contributed by atoms with Crippen molar-refractivity contribution in [3.63, 3.8) is 0 Å². The molecule has 0 saturated carbocycles. The fourth-order valence-electron chi connectivity index (χ4n) is 2.29. The van der Waals surface area contributed by atoms with E-state index in [0.29, 0.717) is 6.54 Å². The Morgan fingerprint density at radius 3 is 2.30 bits per heavy atom. The molecular weight excluding hydrogens is 246 g/mol. The molecule has 0 aromatic heterocycles. The molecule has 0 heterocycles. The molecule has 0 bridgehead atoms. The van der Waals surface area contributed by atoms with Gasteiger partial charge in [0, 0.05) is 12.2 Å². The average Bonchev–Trinajstić information content (AvgIpc) is 2.42. The number of hydrogen-bond donors (Lipinski definition) is 2. The highest BCUT2D eigenvalue weighted by atomic mass is 16.3. The molecule has 2 nitrogen and oxygen atoms in total. The number of aliphatic hydroxyl groups excluding tert-OH is 1. The van der Waals surface area contributed by atoms with Crippen LogP contribution in [0.25, 0.3) is 0 Å². The van der Waals surface area contributed by atoms with Crippen LogP contribution in [0.2, 0.25) is 0 Å². The normalized spacial score (nSPS) is 12.2. The Bertz CT molecular complexity index is 604. The number of aliphatic hydroxyl groups is 1. The van der Waals surface area contributed by atoms with Crippen molar-refractivity contribution in [3.05, 3.63) is 64.2 Å². The van der Waals surface area contributed by atoms with Gasteiger partial charge < -0.3 is 10.4 Å². The van der Waals surface area contributed by atoms with Crippen LogP contribution in [-0.4, -0.2) is 11.7 Å². The first kappa shape index (κ1) is 14.6. The van der Waals surface area contributed by atoms with Crippen molar-refractivity contribution < 1.29 is 5.11 Å². The van der Waals surface area contributed by atoms with Crippen LogP contribution in [0, 0.1) is 27.7 Å². The fraction of sp³-hybridized carbons (Fsp3) is 0.333. The number of aryl methyl sites for hydroxylation is 4. The lowest BCUT2D eigenvalue weighted by atomic mass is 10.0. The molecule has 0 aliphatic rings. The van der Waals surface area contributed by atoms with Crippen LogP contribution < -0.4 is 5.32 Å². The van der Waals surface area contributed by atoms with Crippen molar-refractivity contribution in [3.8, 4) is 0 Å². The molecule has 0 aliphatic heterocycles. The van der Waals surface area contributed by atoms with Crippen LogP contribution in [0.1, 0.15) is 33.9 Å². The maximum absolute atomic E-state index is 10.3. The minimum absolute atomic E-state index is 0.489. The van der Waals surface area contributed by atoms with E-state index in [1.807, 2.05) is 13.8 Å². The second-order valence-corrected chi connectivity index (χ2v) is 5.56. The van der Waals surface area contributed by atoms with E-state index in [0.717, 1.165) is 16.8 Å². The molecule has 2 aromatic rings. The zero-order chi connectivity index (χ0) is 14.7. The standard InChI is InChI=1S/C18H23NO/c1-12-5-6-14(3)17(9-12)18(20)11-19-16-8-7-13(2)15(4)10-16/h5-10,18-20H,11H2,1-4H3. The van der Waals surface area contributed by atoms with Gasteiger partial charge in [-0.25, -0.2) is 0 Å². The molecular formula is C18H23NO. The lowest BCUT2D eigenvalue weighted by molar-refractivity contribution is 0.191. The molecule has 0 amide bonds. The molecule has 2 rings (SSSR count). The number of hydrogen-bond acceptors (Lipinski definition) is 2. The molecule has 0 saturated heterocycles. The van der Waals surface area contributed by atoms with Crippen molar-refractivity contribution in [1.29, 1.82) is 0 Å². The summed E-state index contributed by atoms with van der Waals surface area (Å²) in [6, 6.07) is 12.5. The van der Waals surface area contributed by atoms with Gasteiger partial charge in [0.1, 0.15) is 0 Å². The maximum atomic E-state index is 10.3. The zero-order valence-corrected chi connectivity index (χ0v) is 12.7. The Hall–Kier alpha value is -1.80. The number of benzene rings is 2. The zero-order valence-electron chi connectivity index (χ0n) is 12.7. The first-order chi connectivity index (χ1) is 9.47. The molecule has 20 heavy (non-hydrogen) atoms. The predicted molar refractivity (Wildman–Crippen MR) is 85.3 cm³/mol. The number of anilines is 1. The molecule has 106 valence electrons. The summed E-state index contributed by atoms with van der Waals surface area (Å²) < 4.78 is 0.